The summed E-state index contributed by atoms with van der Waals surface area (Å²) in [5.74, 6) is -1.30. The normalized spacial score (nSPS) is 30.9. The summed E-state index contributed by atoms with van der Waals surface area (Å²) < 4.78 is 0. The Balaban J connectivity index is 2.53. The van der Waals surface area contributed by atoms with E-state index in [0.717, 1.165) is 0 Å². The van der Waals surface area contributed by atoms with Gasteiger partial charge < -0.3 is 5.11 Å². The Morgan fingerprint density at radius 1 is 1.50 bits per heavy atom. The number of hydrogen-bond donors (Lipinski definition) is 5. The zero-order valence-corrected chi connectivity index (χ0v) is 6.61. The number of carbonyl (C=O) groups is 2. The standard InChI is InChI=1S/C5H5N5O4/c6-1-5(13)2(7-3(11)9-5)8-4(12)10(1)14/h6,13-14H,(H2,7,8,9,11,12). The molecule has 0 aromatic carbocycles. The number of nitrogens with zero attached hydrogens (tertiary/aromatic N) is 2. The van der Waals surface area contributed by atoms with Crippen LogP contribution in [0.5, 0.6) is 0 Å². The lowest BCUT2D eigenvalue weighted by Gasteiger charge is -2.29. The van der Waals surface area contributed by atoms with Gasteiger partial charge in [-0.25, -0.2) is 9.59 Å². The molecule has 0 bridgehead atoms. The largest absolute Gasteiger partial charge is 0.375 e. The van der Waals surface area contributed by atoms with Crippen LogP contribution >= 0.6 is 0 Å². The zero-order valence-electron chi connectivity index (χ0n) is 6.61. The minimum absolute atomic E-state index is 0.156. The predicted octanol–water partition coefficient (Wildman–Crippen LogP) is -1.81. The molecule has 5 N–H and O–H groups in total. The Bertz CT molecular complexity index is 390. The molecule has 2 heterocycles. The Morgan fingerprint density at radius 2 is 2.14 bits per heavy atom. The lowest BCUT2D eigenvalue weighted by molar-refractivity contribution is 0.00491. The third kappa shape index (κ3) is 0.843. The summed E-state index contributed by atoms with van der Waals surface area (Å²) in [6.07, 6.45) is 0. The summed E-state index contributed by atoms with van der Waals surface area (Å²) in [4.78, 5) is 24.8. The number of urea groups is 2. The van der Waals surface area contributed by atoms with E-state index in [1.165, 1.54) is 0 Å². The fourth-order valence-electron chi connectivity index (χ4n) is 1.12. The van der Waals surface area contributed by atoms with Gasteiger partial charge in [0.05, 0.1) is 0 Å². The van der Waals surface area contributed by atoms with Crippen LogP contribution in [0.15, 0.2) is 4.99 Å². The number of carbonyl (C=O) groups excluding carboxylic acids is 2. The first-order valence-corrected chi connectivity index (χ1v) is 3.48. The van der Waals surface area contributed by atoms with Crippen LogP contribution in [0, 0.1) is 5.41 Å². The van der Waals surface area contributed by atoms with Gasteiger partial charge >= 0.3 is 12.1 Å². The first-order valence-electron chi connectivity index (χ1n) is 3.48. The predicted molar refractivity (Wildman–Crippen MR) is 40.8 cm³/mol. The number of nitrogens with one attached hydrogen (secondary N) is 3. The van der Waals surface area contributed by atoms with Gasteiger partial charge in [-0.05, 0) is 0 Å². The molecule has 1 atom stereocenters. The maximum atomic E-state index is 10.9. The van der Waals surface area contributed by atoms with Crippen molar-refractivity contribution in [3.63, 3.8) is 0 Å². The van der Waals surface area contributed by atoms with Gasteiger partial charge in [-0.2, -0.15) is 10.1 Å². The highest BCUT2D eigenvalue weighted by molar-refractivity contribution is 6.27. The molecular formula is C5H5N5O4. The van der Waals surface area contributed by atoms with Crippen LogP contribution in [-0.4, -0.2) is 44.8 Å². The number of rotatable bonds is 0. The van der Waals surface area contributed by atoms with Crippen molar-refractivity contribution >= 4 is 23.7 Å². The third-order valence-electron chi connectivity index (χ3n) is 1.81. The van der Waals surface area contributed by atoms with E-state index in [1.54, 1.807) is 0 Å². The molecule has 4 amide bonds. The lowest BCUT2D eigenvalue weighted by Crippen LogP contribution is -2.62. The van der Waals surface area contributed by atoms with E-state index >= 15 is 0 Å². The molecule has 0 saturated carbocycles. The maximum absolute atomic E-state index is 10.9. The molecule has 9 nitrogen and oxygen atoms in total. The van der Waals surface area contributed by atoms with Crippen LogP contribution in [0.1, 0.15) is 0 Å². The van der Waals surface area contributed by atoms with Gasteiger partial charge in [-0.3, -0.25) is 21.3 Å². The lowest BCUT2D eigenvalue weighted by atomic mass is 10.1. The van der Waals surface area contributed by atoms with Gasteiger partial charge in [-0.1, -0.05) is 0 Å². The molecule has 1 fully saturated rings. The average molecular weight is 199 g/mol. The van der Waals surface area contributed by atoms with Crippen LogP contribution in [0.4, 0.5) is 9.59 Å². The monoisotopic (exact) mass is 199 g/mol. The maximum Gasteiger partial charge on any atom is 0.375 e. The van der Waals surface area contributed by atoms with Crippen molar-refractivity contribution in [1.82, 2.24) is 15.7 Å². The summed E-state index contributed by atoms with van der Waals surface area (Å²) >= 11 is 0. The van der Waals surface area contributed by atoms with Crippen LogP contribution in [0.3, 0.4) is 0 Å². The minimum atomic E-state index is -2.25. The highest BCUT2D eigenvalue weighted by Crippen LogP contribution is 2.17. The number of aliphatic hydroxyl groups is 1. The summed E-state index contributed by atoms with van der Waals surface area (Å²) in [6, 6.07) is -1.96. The third-order valence-corrected chi connectivity index (χ3v) is 1.81. The summed E-state index contributed by atoms with van der Waals surface area (Å²) in [5, 5.41) is 29.6. The van der Waals surface area contributed by atoms with Crippen molar-refractivity contribution in [2.24, 2.45) is 4.99 Å². The molecule has 1 saturated heterocycles. The average Bonchev–Trinajstić information content (AvgIpc) is 2.39. The van der Waals surface area contributed by atoms with E-state index in [4.69, 9.17) is 10.6 Å². The zero-order chi connectivity index (χ0) is 10.5. The molecule has 0 spiro atoms. The Kier molecular flexibility index (Phi) is 1.39. The van der Waals surface area contributed by atoms with Crippen molar-refractivity contribution in [1.29, 1.82) is 5.41 Å². The van der Waals surface area contributed by atoms with Gasteiger partial charge in [0.15, 0.2) is 11.7 Å². The van der Waals surface area contributed by atoms with Gasteiger partial charge in [0.2, 0.25) is 0 Å². The number of amidine groups is 2. The summed E-state index contributed by atoms with van der Waals surface area (Å²) in [7, 11) is 0. The second-order valence-electron chi connectivity index (χ2n) is 2.69. The van der Waals surface area contributed by atoms with Crippen LogP contribution in [-0.2, 0) is 0 Å². The van der Waals surface area contributed by atoms with E-state index in [9.17, 15) is 14.7 Å². The Morgan fingerprint density at radius 3 is 2.79 bits per heavy atom. The van der Waals surface area contributed by atoms with E-state index in [0.29, 0.717) is 0 Å². The molecule has 0 radical (unpaired) electrons. The van der Waals surface area contributed by atoms with Crippen molar-refractivity contribution in [2.75, 3.05) is 0 Å². The van der Waals surface area contributed by atoms with Gasteiger partial charge in [0.1, 0.15) is 0 Å². The first-order chi connectivity index (χ1) is 6.45. The van der Waals surface area contributed by atoms with Gasteiger partial charge in [0, 0.05) is 0 Å². The van der Waals surface area contributed by atoms with E-state index in [2.05, 4.69) is 4.99 Å². The first kappa shape index (κ1) is 8.59. The van der Waals surface area contributed by atoms with Crippen molar-refractivity contribution < 1.29 is 19.9 Å². The van der Waals surface area contributed by atoms with Crippen LogP contribution < -0.4 is 10.6 Å². The molecule has 9 heteroatoms. The smallest absolute Gasteiger partial charge is 0.358 e. The van der Waals surface area contributed by atoms with E-state index in [-0.39, 0.29) is 5.06 Å². The van der Waals surface area contributed by atoms with E-state index < -0.39 is 29.5 Å². The molecule has 14 heavy (non-hydrogen) atoms. The quantitative estimate of drug-likeness (QED) is 0.293. The fourth-order valence-corrected chi connectivity index (χ4v) is 1.12. The molecule has 1 unspecified atom stereocenters. The second-order valence-corrected chi connectivity index (χ2v) is 2.69. The van der Waals surface area contributed by atoms with Crippen LogP contribution in [0.25, 0.3) is 0 Å². The number of fused-ring (bicyclic) bond motifs is 1. The molecule has 2 aliphatic rings. The Hall–Kier alpha value is -2.00. The number of amides is 4. The van der Waals surface area contributed by atoms with Crippen molar-refractivity contribution in [2.45, 2.75) is 5.72 Å². The molecule has 2 aliphatic heterocycles. The fraction of sp³-hybridized carbons (Fsp3) is 0.200. The molecule has 74 valence electrons. The number of hydrogen-bond acceptors (Lipinski definition) is 5. The molecule has 0 aromatic heterocycles. The highest BCUT2D eigenvalue weighted by atomic mass is 16.5. The highest BCUT2D eigenvalue weighted by Gasteiger charge is 2.53. The second kappa shape index (κ2) is 2.27. The van der Waals surface area contributed by atoms with Gasteiger partial charge in [0.25, 0.3) is 5.72 Å². The van der Waals surface area contributed by atoms with Gasteiger partial charge in [-0.15, -0.1) is 0 Å². The molecular weight excluding hydrogens is 194 g/mol. The summed E-state index contributed by atoms with van der Waals surface area (Å²) in [6.45, 7) is 0. The van der Waals surface area contributed by atoms with Crippen molar-refractivity contribution in [3.05, 3.63) is 0 Å². The summed E-state index contributed by atoms with van der Waals surface area (Å²) in [5.41, 5.74) is -2.25. The number of hydroxylamine groups is 2. The minimum Gasteiger partial charge on any atom is -0.358 e. The van der Waals surface area contributed by atoms with E-state index in [1.807, 2.05) is 10.6 Å². The van der Waals surface area contributed by atoms with Crippen LogP contribution in [0.2, 0.25) is 0 Å². The Labute approximate surface area is 76.5 Å². The molecule has 2 rings (SSSR count). The number of aliphatic imine (C=N–C) groups is 1. The molecule has 0 aromatic rings. The topological polar surface area (TPSA) is 138 Å². The SMILES string of the molecule is N=C1N(O)C(=O)N=C2NC(=O)NC12O. The molecule has 0 aliphatic carbocycles. The van der Waals surface area contributed by atoms with Crippen molar-refractivity contribution in [3.8, 4) is 0 Å².